The second kappa shape index (κ2) is 6.19. The zero-order valence-electron chi connectivity index (χ0n) is 11.3. The largest absolute Gasteiger partial charge is 0.399 e. The molecule has 20 heavy (non-hydrogen) atoms. The number of benzene rings is 2. The fourth-order valence-electron chi connectivity index (χ4n) is 2.12. The summed E-state index contributed by atoms with van der Waals surface area (Å²) in [7, 11) is 0. The van der Waals surface area contributed by atoms with Crippen LogP contribution in [0.15, 0.2) is 48.5 Å². The van der Waals surface area contributed by atoms with Crippen molar-refractivity contribution in [3.8, 4) is 0 Å². The molecule has 0 heterocycles. The van der Waals surface area contributed by atoms with Crippen molar-refractivity contribution in [2.24, 2.45) is 0 Å². The highest BCUT2D eigenvalue weighted by atomic mass is 19.1. The Kier molecular flexibility index (Phi) is 4.35. The number of nitrogen functional groups attached to an aromatic ring is 1. The van der Waals surface area contributed by atoms with Gasteiger partial charge in [-0.05, 0) is 42.8 Å². The molecule has 0 aliphatic carbocycles. The lowest BCUT2D eigenvalue weighted by Gasteiger charge is -2.21. The number of nitrogens with two attached hydrogens (primary N) is 1. The van der Waals surface area contributed by atoms with Crippen LogP contribution in [0.3, 0.4) is 0 Å². The van der Waals surface area contributed by atoms with Gasteiger partial charge in [0.25, 0.3) is 0 Å². The first-order chi connectivity index (χ1) is 9.60. The van der Waals surface area contributed by atoms with E-state index in [4.69, 9.17) is 5.73 Å². The van der Waals surface area contributed by atoms with E-state index < -0.39 is 0 Å². The van der Waals surface area contributed by atoms with Gasteiger partial charge < -0.3 is 10.6 Å². The Morgan fingerprint density at radius 3 is 2.60 bits per heavy atom. The number of rotatable bonds is 4. The number of amides is 1. The van der Waals surface area contributed by atoms with Crippen molar-refractivity contribution in [2.75, 3.05) is 17.2 Å². The molecule has 1 amide bonds. The van der Waals surface area contributed by atoms with E-state index in [1.54, 1.807) is 29.2 Å². The van der Waals surface area contributed by atoms with Crippen molar-refractivity contribution >= 4 is 17.3 Å². The van der Waals surface area contributed by atoms with Crippen LogP contribution in [-0.4, -0.2) is 12.5 Å². The zero-order valence-corrected chi connectivity index (χ0v) is 11.3. The molecule has 2 N–H and O–H groups in total. The lowest BCUT2D eigenvalue weighted by Crippen LogP contribution is -2.32. The molecule has 0 aliphatic rings. The molecular formula is C16H17FN2O. The smallest absolute Gasteiger partial charge is 0.231 e. The highest BCUT2D eigenvalue weighted by molar-refractivity contribution is 5.94. The maximum Gasteiger partial charge on any atom is 0.231 e. The Balaban J connectivity index is 2.17. The molecule has 0 saturated carbocycles. The van der Waals surface area contributed by atoms with E-state index in [0.29, 0.717) is 17.9 Å². The Bertz CT molecular complexity index is 613. The number of carbonyl (C=O) groups is 1. The van der Waals surface area contributed by atoms with Gasteiger partial charge in [-0.2, -0.15) is 0 Å². The maximum atomic E-state index is 13.3. The monoisotopic (exact) mass is 272 g/mol. The summed E-state index contributed by atoms with van der Waals surface area (Å²) in [6, 6.07) is 13.3. The molecule has 2 rings (SSSR count). The van der Waals surface area contributed by atoms with Gasteiger partial charge in [0.15, 0.2) is 0 Å². The minimum atomic E-state index is -0.349. The van der Waals surface area contributed by atoms with Crippen LogP contribution < -0.4 is 10.6 Å². The van der Waals surface area contributed by atoms with Gasteiger partial charge in [0.1, 0.15) is 5.82 Å². The first kappa shape index (κ1) is 14.1. The van der Waals surface area contributed by atoms with Crippen LogP contribution in [0.4, 0.5) is 15.8 Å². The third-order valence-electron chi connectivity index (χ3n) is 3.04. The molecule has 0 aromatic heterocycles. The van der Waals surface area contributed by atoms with E-state index in [1.165, 1.54) is 12.1 Å². The molecule has 2 aromatic rings. The number of anilines is 2. The normalized spacial score (nSPS) is 10.3. The van der Waals surface area contributed by atoms with Gasteiger partial charge in [-0.1, -0.05) is 18.2 Å². The Morgan fingerprint density at radius 2 is 1.95 bits per heavy atom. The van der Waals surface area contributed by atoms with Crippen LogP contribution in [-0.2, 0) is 11.2 Å². The summed E-state index contributed by atoms with van der Waals surface area (Å²) < 4.78 is 13.3. The fourth-order valence-corrected chi connectivity index (χ4v) is 2.12. The average Bonchev–Trinajstić information content (AvgIpc) is 2.39. The summed E-state index contributed by atoms with van der Waals surface area (Å²) >= 11 is 0. The lowest BCUT2D eigenvalue weighted by molar-refractivity contribution is -0.117. The summed E-state index contributed by atoms with van der Waals surface area (Å²) in [5.74, 6) is -0.429. The molecule has 0 saturated heterocycles. The topological polar surface area (TPSA) is 46.3 Å². The number of hydrogen-bond acceptors (Lipinski definition) is 2. The van der Waals surface area contributed by atoms with Crippen LogP contribution >= 0.6 is 0 Å². The Hall–Kier alpha value is -2.36. The first-order valence-corrected chi connectivity index (χ1v) is 6.50. The third-order valence-corrected chi connectivity index (χ3v) is 3.04. The fraction of sp³-hybridized carbons (Fsp3) is 0.188. The molecule has 4 heteroatoms. The molecule has 2 aromatic carbocycles. The van der Waals surface area contributed by atoms with Crippen LogP contribution in [0.1, 0.15) is 12.5 Å². The highest BCUT2D eigenvalue weighted by Crippen LogP contribution is 2.17. The lowest BCUT2D eigenvalue weighted by atomic mass is 10.1. The number of carbonyl (C=O) groups excluding carboxylic acids is 1. The van der Waals surface area contributed by atoms with Crippen molar-refractivity contribution in [1.29, 1.82) is 0 Å². The van der Waals surface area contributed by atoms with Gasteiger partial charge in [0, 0.05) is 17.9 Å². The zero-order chi connectivity index (χ0) is 14.5. The van der Waals surface area contributed by atoms with Crippen molar-refractivity contribution in [1.82, 2.24) is 0 Å². The van der Waals surface area contributed by atoms with E-state index in [0.717, 1.165) is 5.56 Å². The van der Waals surface area contributed by atoms with Gasteiger partial charge in [0.05, 0.1) is 6.42 Å². The summed E-state index contributed by atoms with van der Waals surface area (Å²) in [4.78, 5) is 13.9. The average molecular weight is 272 g/mol. The number of likely N-dealkylation sites (N-methyl/N-ethyl adjacent to an activating group) is 1. The highest BCUT2D eigenvalue weighted by Gasteiger charge is 2.14. The van der Waals surface area contributed by atoms with Crippen molar-refractivity contribution < 1.29 is 9.18 Å². The summed E-state index contributed by atoms with van der Waals surface area (Å²) in [5, 5.41) is 0. The molecule has 0 atom stereocenters. The van der Waals surface area contributed by atoms with Crippen molar-refractivity contribution in [3.63, 3.8) is 0 Å². The number of halogens is 1. The summed E-state index contributed by atoms with van der Waals surface area (Å²) in [6.07, 6.45) is 0.245. The molecule has 0 aliphatic heterocycles. The van der Waals surface area contributed by atoms with Gasteiger partial charge in [0.2, 0.25) is 5.91 Å². The quantitative estimate of drug-likeness (QED) is 0.870. The molecule has 3 nitrogen and oxygen atoms in total. The summed E-state index contributed by atoms with van der Waals surface area (Å²) in [6.45, 7) is 2.35. The second-order valence-corrected chi connectivity index (χ2v) is 4.54. The molecule has 0 spiro atoms. The molecule has 0 fully saturated rings. The number of hydrogen-bond donors (Lipinski definition) is 1. The first-order valence-electron chi connectivity index (χ1n) is 6.50. The Labute approximate surface area is 117 Å². The van der Waals surface area contributed by atoms with Gasteiger partial charge in [-0.3, -0.25) is 4.79 Å². The van der Waals surface area contributed by atoms with Crippen LogP contribution in [0, 0.1) is 5.82 Å². The molecule has 0 unspecified atom stereocenters. The minimum Gasteiger partial charge on any atom is -0.399 e. The maximum absolute atomic E-state index is 13.3. The SMILES string of the molecule is CCN(C(=O)Cc1cccc(N)c1)c1cccc(F)c1. The van der Waals surface area contributed by atoms with Crippen LogP contribution in [0.5, 0.6) is 0 Å². The van der Waals surface area contributed by atoms with Gasteiger partial charge in [-0.15, -0.1) is 0 Å². The molecular weight excluding hydrogens is 255 g/mol. The molecule has 0 bridgehead atoms. The van der Waals surface area contributed by atoms with E-state index in [-0.39, 0.29) is 18.1 Å². The van der Waals surface area contributed by atoms with E-state index in [9.17, 15) is 9.18 Å². The Morgan fingerprint density at radius 1 is 1.20 bits per heavy atom. The third kappa shape index (κ3) is 3.35. The number of nitrogens with zero attached hydrogens (tertiary/aromatic N) is 1. The standard InChI is InChI=1S/C16H17FN2O/c1-2-19(15-8-4-6-13(17)11-15)16(20)10-12-5-3-7-14(18)9-12/h3-9,11H,2,10,18H2,1H3. The van der Waals surface area contributed by atoms with Gasteiger partial charge in [-0.25, -0.2) is 4.39 Å². The van der Waals surface area contributed by atoms with E-state index >= 15 is 0 Å². The minimum absolute atomic E-state index is 0.0799. The predicted molar refractivity (Wildman–Crippen MR) is 79.0 cm³/mol. The summed E-state index contributed by atoms with van der Waals surface area (Å²) in [5.41, 5.74) is 7.75. The van der Waals surface area contributed by atoms with Crippen LogP contribution in [0.2, 0.25) is 0 Å². The van der Waals surface area contributed by atoms with Crippen LogP contribution in [0.25, 0.3) is 0 Å². The molecule has 0 radical (unpaired) electrons. The van der Waals surface area contributed by atoms with Crippen molar-refractivity contribution in [2.45, 2.75) is 13.3 Å². The van der Waals surface area contributed by atoms with Crippen molar-refractivity contribution in [3.05, 3.63) is 59.9 Å². The van der Waals surface area contributed by atoms with Gasteiger partial charge >= 0.3 is 0 Å². The van der Waals surface area contributed by atoms with E-state index in [2.05, 4.69) is 0 Å². The molecule has 104 valence electrons. The van der Waals surface area contributed by atoms with E-state index in [1.807, 2.05) is 19.1 Å². The second-order valence-electron chi connectivity index (χ2n) is 4.54. The predicted octanol–water partition coefficient (Wildman–Crippen LogP) is 3.00.